The Hall–Kier alpha value is -3.09. The molecule has 2 unspecified atom stereocenters. The topological polar surface area (TPSA) is 56.2 Å². The number of hydrogen-bond acceptors (Lipinski definition) is 5. The Morgan fingerprint density at radius 2 is 1.77 bits per heavy atom. The molecule has 1 saturated heterocycles. The molecule has 2 N–H and O–H groups in total. The lowest BCUT2D eigenvalue weighted by atomic mass is 9.88. The Morgan fingerprint density at radius 3 is 2.54 bits per heavy atom. The molecule has 0 aromatic heterocycles. The third-order valence-electron chi connectivity index (χ3n) is 7.15. The van der Waals surface area contributed by atoms with Crippen molar-refractivity contribution in [2.24, 2.45) is 0 Å². The van der Waals surface area contributed by atoms with Crippen molar-refractivity contribution in [3.63, 3.8) is 0 Å². The number of anilines is 1. The second kappa shape index (κ2) is 10.7. The third kappa shape index (κ3) is 5.77. The summed E-state index contributed by atoms with van der Waals surface area (Å²) < 4.78 is 19.5. The smallest absolute Gasteiger partial charge is 0.123 e. The van der Waals surface area contributed by atoms with Crippen LogP contribution in [-0.4, -0.2) is 54.0 Å². The highest BCUT2D eigenvalue weighted by molar-refractivity contribution is 5.53. The number of aromatic hydroxyl groups is 1. The van der Waals surface area contributed by atoms with Gasteiger partial charge >= 0.3 is 0 Å². The number of piperidine rings is 1. The van der Waals surface area contributed by atoms with E-state index in [1.807, 2.05) is 36.4 Å². The molecule has 5 nitrogen and oxygen atoms in total. The minimum absolute atomic E-state index is 0.0853. The minimum atomic E-state index is -0.236. The van der Waals surface area contributed by atoms with Gasteiger partial charge in [-0.05, 0) is 97.4 Å². The zero-order valence-electron chi connectivity index (χ0n) is 19.9. The number of phenols is 1. The van der Waals surface area contributed by atoms with Gasteiger partial charge in [-0.1, -0.05) is 18.2 Å². The first-order chi connectivity index (χ1) is 17.0. The molecule has 3 aromatic rings. The molecule has 0 aliphatic carbocycles. The van der Waals surface area contributed by atoms with Crippen molar-refractivity contribution in [2.75, 3.05) is 37.7 Å². The molecule has 0 amide bonds. The van der Waals surface area contributed by atoms with Crippen molar-refractivity contribution in [1.82, 2.24) is 4.90 Å². The van der Waals surface area contributed by atoms with Gasteiger partial charge in [0.1, 0.15) is 23.9 Å². The first-order valence-electron chi connectivity index (χ1n) is 12.5. The van der Waals surface area contributed by atoms with Gasteiger partial charge < -0.3 is 19.8 Å². The number of nitrogens with zero attached hydrogens (tertiary/aromatic N) is 2. The summed E-state index contributed by atoms with van der Waals surface area (Å²) in [4.78, 5) is 4.58. The fourth-order valence-corrected chi connectivity index (χ4v) is 5.33. The second-order valence-electron chi connectivity index (χ2n) is 9.61. The molecule has 0 bridgehead atoms. The normalized spacial score (nSPS) is 20.5. The Morgan fingerprint density at radius 1 is 0.971 bits per heavy atom. The lowest BCUT2D eigenvalue weighted by molar-refractivity contribution is 0.0633. The Bertz CT molecular complexity index is 1120. The van der Waals surface area contributed by atoms with Crippen LogP contribution in [0.4, 0.5) is 10.1 Å². The number of rotatable bonds is 7. The van der Waals surface area contributed by atoms with Gasteiger partial charge in [0.15, 0.2) is 0 Å². The first kappa shape index (κ1) is 23.6. The van der Waals surface area contributed by atoms with Crippen LogP contribution in [0, 0.1) is 5.82 Å². The van der Waals surface area contributed by atoms with Crippen LogP contribution in [0.2, 0.25) is 0 Å². The van der Waals surface area contributed by atoms with Gasteiger partial charge in [-0.25, -0.2) is 4.39 Å². The molecule has 0 spiro atoms. The van der Waals surface area contributed by atoms with Gasteiger partial charge in [-0.15, -0.1) is 0 Å². The van der Waals surface area contributed by atoms with Crippen molar-refractivity contribution in [2.45, 2.75) is 37.8 Å². The van der Waals surface area contributed by atoms with Crippen molar-refractivity contribution < 1.29 is 19.3 Å². The van der Waals surface area contributed by atoms with Crippen molar-refractivity contribution in [3.05, 3.63) is 89.2 Å². The Kier molecular flexibility index (Phi) is 7.21. The number of aliphatic hydroxyl groups excluding tert-OH is 1. The zero-order valence-corrected chi connectivity index (χ0v) is 19.9. The molecule has 2 atom stereocenters. The summed E-state index contributed by atoms with van der Waals surface area (Å²) in [6, 6.07) is 20.7. The van der Waals surface area contributed by atoms with Crippen LogP contribution in [0.3, 0.4) is 0 Å². The first-order valence-corrected chi connectivity index (χ1v) is 12.5. The molecule has 1 fully saturated rings. The zero-order chi connectivity index (χ0) is 24.2. The highest BCUT2D eigenvalue weighted by Gasteiger charge is 2.28. The van der Waals surface area contributed by atoms with Gasteiger partial charge in [0.05, 0.1) is 12.1 Å². The van der Waals surface area contributed by atoms with E-state index < -0.39 is 0 Å². The molecular weight excluding hydrogens is 443 g/mol. The van der Waals surface area contributed by atoms with Crippen molar-refractivity contribution in [1.29, 1.82) is 0 Å². The summed E-state index contributed by atoms with van der Waals surface area (Å²) in [5.74, 6) is 0.897. The maximum atomic E-state index is 13.6. The van der Waals surface area contributed by atoms with E-state index in [1.165, 1.54) is 23.3 Å². The van der Waals surface area contributed by atoms with Crippen LogP contribution in [-0.2, 0) is 12.8 Å². The summed E-state index contributed by atoms with van der Waals surface area (Å²) >= 11 is 0. The number of aliphatic hydroxyl groups is 1. The lowest BCUT2D eigenvalue weighted by Crippen LogP contribution is -2.40. The molecule has 3 aromatic carbocycles. The van der Waals surface area contributed by atoms with Crippen LogP contribution in [0.25, 0.3) is 0 Å². The number of likely N-dealkylation sites (tertiary alicyclic amines) is 1. The number of fused-ring (bicyclic) bond motifs is 1. The van der Waals surface area contributed by atoms with E-state index in [4.69, 9.17) is 4.74 Å². The quantitative estimate of drug-likeness (QED) is 0.517. The van der Waals surface area contributed by atoms with Gasteiger partial charge in [-0.2, -0.15) is 0 Å². The standard InChI is InChI=1S/C29H33FN2O3/c30-23-5-7-24(8-6-23)32-15-13-22-19-25(33)9-12-28(22)29(32)18-21-3-10-27(11-4-21)35-17-16-31-14-1-2-26(34)20-31/h3-12,19,26,29,33-34H,1-2,13-18,20H2. The third-order valence-corrected chi connectivity index (χ3v) is 7.15. The lowest BCUT2D eigenvalue weighted by Gasteiger charge is -2.39. The van der Waals surface area contributed by atoms with Gasteiger partial charge in [0, 0.05) is 25.3 Å². The summed E-state index contributed by atoms with van der Waals surface area (Å²) in [7, 11) is 0. The number of benzene rings is 3. The summed E-state index contributed by atoms with van der Waals surface area (Å²) in [5, 5.41) is 19.8. The van der Waals surface area contributed by atoms with E-state index in [2.05, 4.69) is 21.9 Å². The van der Waals surface area contributed by atoms with E-state index in [0.29, 0.717) is 12.4 Å². The molecule has 2 aliphatic heterocycles. The summed E-state index contributed by atoms with van der Waals surface area (Å²) in [6.45, 7) is 3.97. The maximum absolute atomic E-state index is 13.6. The SMILES string of the molecule is Oc1ccc2c(c1)CCN(c1ccc(F)cc1)C2Cc1ccc(OCCN2CCCC(O)C2)cc1. The van der Waals surface area contributed by atoms with E-state index in [0.717, 1.165) is 68.9 Å². The Balaban J connectivity index is 1.28. The van der Waals surface area contributed by atoms with Crippen LogP contribution >= 0.6 is 0 Å². The molecule has 5 rings (SSSR count). The molecule has 0 radical (unpaired) electrons. The summed E-state index contributed by atoms with van der Waals surface area (Å²) in [6.07, 6.45) is 3.34. The van der Waals surface area contributed by atoms with Gasteiger partial charge in [0.2, 0.25) is 0 Å². The molecule has 2 heterocycles. The minimum Gasteiger partial charge on any atom is -0.508 e. The fraction of sp³-hybridized carbons (Fsp3) is 0.379. The predicted molar refractivity (Wildman–Crippen MR) is 136 cm³/mol. The van der Waals surface area contributed by atoms with Crippen LogP contribution in [0.15, 0.2) is 66.7 Å². The van der Waals surface area contributed by atoms with Crippen LogP contribution < -0.4 is 9.64 Å². The number of hydrogen-bond donors (Lipinski definition) is 2. The fourth-order valence-electron chi connectivity index (χ4n) is 5.33. The van der Waals surface area contributed by atoms with Gasteiger partial charge in [-0.3, -0.25) is 4.90 Å². The Labute approximate surface area is 206 Å². The molecule has 6 heteroatoms. The molecular formula is C29H33FN2O3. The second-order valence-corrected chi connectivity index (χ2v) is 9.61. The van der Waals surface area contributed by atoms with E-state index >= 15 is 0 Å². The van der Waals surface area contributed by atoms with E-state index in [9.17, 15) is 14.6 Å². The van der Waals surface area contributed by atoms with Gasteiger partial charge in [0.25, 0.3) is 0 Å². The van der Waals surface area contributed by atoms with E-state index in [-0.39, 0.29) is 18.0 Å². The average Bonchev–Trinajstić information content (AvgIpc) is 2.86. The molecule has 2 aliphatic rings. The number of halogens is 1. The largest absolute Gasteiger partial charge is 0.508 e. The average molecular weight is 477 g/mol. The number of phenolic OH excluding ortho intramolecular Hbond substituents is 1. The molecule has 0 saturated carbocycles. The summed E-state index contributed by atoms with van der Waals surface area (Å²) in [5.41, 5.74) is 4.55. The number of β-amino-alcohol motifs (C(OH)–C–C–N with tert-alkyl or cyclic N) is 1. The molecule has 35 heavy (non-hydrogen) atoms. The highest BCUT2D eigenvalue weighted by atomic mass is 19.1. The maximum Gasteiger partial charge on any atom is 0.123 e. The highest BCUT2D eigenvalue weighted by Crippen LogP contribution is 2.37. The predicted octanol–water partition coefficient (Wildman–Crippen LogP) is 4.71. The number of ether oxygens (including phenoxy) is 1. The monoisotopic (exact) mass is 476 g/mol. The van der Waals surface area contributed by atoms with Crippen LogP contribution in [0.1, 0.15) is 35.6 Å². The van der Waals surface area contributed by atoms with Crippen molar-refractivity contribution in [3.8, 4) is 11.5 Å². The van der Waals surface area contributed by atoms with Crippen LogP contribution in [0.5, 0.6) is 11.5 Å². The van der Waals surface area contributed by atoms with E-state index in [1.54, 1.807) is 6.07 Å². The van der Waals surface area contributed by atoms with Crippen molar-refractivity contribution >= 4 is 5.69 Å². The molecule has 184 valence electrons.